The molecule has 0 aromatic carbocycles. The standard InChI is InChI=1S/C11H20N2O/c1-7(2)13-6-9-4-8(9)5-10(12-3)11(13)14/h7-10,12H,4-6H2,1-3H3. The summed E-state index contributed by atoms with van der Waals surface area (Å²) in [5, 5.41) is 3.14. The van der Waals surface area contributed by atoms with Gasteiger partial charge in [0.25, 0.3) is 0 Å². The summed E-state index contributed by atoms with van der Waals surface area (Å²) in [6, 6.07) is 0.410. The molecule has 1 N–H and O–H groups in total. The lowest BCUT2D eigenvalue weighted by atomic mass is 10.1. The molecule has 3 atom stereocenters. The van der Waals surface area contributed by atoms with E-state index in [4.69, 9.17) is 0 Å². The summed E-state index contributed by atoms with van der Waals surface area (Å²) in [7, 11) is 1.89. The average molecular weight is 196 g/mol. The minimum absolute atomic E-state index is 0.0647. The largest absolute Gasteiger partial charge is 0.339 e. The van der Waals surface area contributed by atoms with E-state index in [-0.39, 0.29) is 6.04 Å². The van der Waals surface area contributed by atoms with Gasteiger partial charge in [-0.05, 0) is 45.6 Å². The van der Waals surface area contributed by atoms with E-state index in [1.54, 1.807) is 0 Å². The molecule has 14 heavy (non-hydrogen) atoms. The molecule has 1 saturated heterocycles. The van der Waals surface area contributed by atoms with Crippen LogP contribution in [0, 0.1) is 11.8 Å². The lowest BCUT2D eigenvalue weighted by molar-refractivity contribution is -0.134. The zero-order valence-corrected chi connectivity index (χ0v) is 9.29. The minimum atomic E-state index is 0.0647. The molecule has 3 unspecified atom stereocenters. The molecular formula is C11H20N2O. The van der Waals surface area contributed by atoms with Crippen LogP contribution in [0.1, 0.15) is 26.7 Å². The lowest BCUT2D eigenvalue weighted by Crippen LogP contribution is -2.47. The van der Waals surface area contributed by atoms with Crippen LogP contribution in [0.4, 0.5) is 0 Å². The highest BCUT2D eigenvalue weighted by molar-refractivity contribution is 5.82. The van der Waals surface area contributed by atoms with Crippen molar-refractivity contribution in [2.45, 2.75) is 38.8 Å². The number of hydrogen-bond donors (Lipinski definition) is 1. The Labute approximate surface area is 85.8 Å². The van der Waals surface area contributed by atoms with E-state index < -0.39 is 0 Å². The topological polar surface area (TPSA) is 32.3 Å². The normalized spacial score (nSPS) is 37.0. The SMILES string of the molecule is CNC1CC2CC2CN(C(C)C)C1=O. The highest BCUT2D eigenvalue weighted by atomic mass is 16.2. The van der Waals surface area contributed by atoms with Gasteiger partial charge in [-0.3, -0.25) is 4.79 Å². The summed E-state index contributed by atoms with van der Waals surface area (Å²) in [5.74, 6) is 1.90. The Hall–Kier alpha value is -0.570. The zero-order valence-electron chi connectivity index (χ0n) is 9.29. The number of fused-ring (bicyclic) bond motifs is 1. The summed E-state index contributed by atoms with van der Waals surface area (Å²) in [6.45, 7) is 5.19. The van der Waals surface area contributed by atoms with Crippen LogP contribution in [-0.2, 0) is 4.79 Å². The molecule has 1 aliphatic carbocycles. The monoisotopic (exact) mass is 196 g/mol. The second kappa shape index (κ2) is 3.54. The molecule has 0 radical (unpaired) electrons. The van der Waals surface area contributed by atoms with E-state index in [1.165, 1.54) is 6.42 Å². The van der Waals surface area contributed by atoms with Crippen LogP contribution in [0.15, 0.2) is 0 Å². The second-order valence-corrected chi connectivity index (χ2v) is 4.92. The first-order valence-corrected chi connectivity index (χ1v) is 5.61. The zero-order chi connectivity index (χ0) is 10.3. The molecular weight excluding hydrogens is 176 g/mol. The molecule has 0 spiro atoms. The van der Waals surface area contributed by atoms with Gasteiger partial charge in [0, 0.05) is 12.6 Å². The van der Waals surface area contributed by atoms with Gasteiger partial charge in [0.1, 0.15) is 0 Å². The summed E-state index contributed by atoms with van der Waals surface area (Å²) in [6.07, 6.45) is 2.37. The van der Waals surface area contributed by atoms with Crippen molar-refractivity contribution >= 4 is 5.91 Å². The molecule has 0 bridgehead atoms. The number of likely N-dealkylation sites (N-methyl/N-ethyl adjacent to an activating group) is 1. The Balaban J connectivity index is 2.12. The molecule has 2 rings (SSSR count). The van der Waals surface area contributed by atoms with Crippen molar-refractivity contribution in [3.63, 3.8) is 0 Å². The number of nitrogens with one attached hydrogen (secondary N) is 1. The Morgan fingerprint density at radius 2 is 2.07 bits per heavy atom. The van der Waals surface area contributed by atoms with Crippen LogP contribution >= 0.6 is 0 Å². The lowest BCUT2D eigenvalue weighted by Gasteiger charge is -2.28. The van der Waals surface area contributed by atoms with Crippen molar-refractivity contribution in [2.75, 3.05) is 13.6 Å². The molecule has 1 amide bonds. The van der Waals surface area contributed by atoms with Gasteiger partial charge >= 0.3 is 0 Å². The maximum absolute atomic E-state index is 12.0. The smallest absolute Gasteiger partial charge is 0.239 e. The number of hydrogen-bond acceptors (Lipinski definition) is 2. The van der Waals surface area contributed by atoms with Crippen molar-refractivity contribution in [3.8, 4) is 0 Å². The van der Waals surface area contributed by atoms with Crippen molar-refractivity contribution in [2.24, 2.45) is 11.8 Å². The fraction of sp³-hybridized carbons (Fsp3) is 0.909. The van der Waals surface area contributed by atoms with Gasteiger partial charge in [0.15, 0.2) is 0 Å². The molecule has 3 nitrogen and oxygen atoms in total. The Kier molecular flexibility index (Phi) is 2.52. The van der Waals surface area contributed by atoms with Crippen LogP contribution < -0.4 is 5.32 Å². The first kappa shape index (κ1) is 9.97. The highest BCUT2D eigenvalue weighted by Gasteiger charge is 2.45. The fourth-order valence-electron chi connectivity index (χ4n) is 2.48. The van der Waals surface area contributed by atoms with Gasteiger partial charge < -0.3 is 10.2 Å². The molecule has 2 aliphatic rings. The third kappa shape index (κ3) is 1.65. The Morgan fingerprint density at radius 1 is 1.36 bits per heavy atom. The van der Waals surface area contributed by atoms with Crippen molar-refractivity contribution in [1.82, 2.24) is 10.2 Å². The third-order valence-corrected chi connectivity index (χ3v) is 3.59. The van der Waals surface area contributed by atoms with Crippen molar-refractivity contribution in [3.05, 3.63) is 0 Å². The summed E-state index contributed by atoms with van der Waals surface area (Å²) < 4.78 is 0. The Bertz CT molecular complexity index is 239. The molecule has 1 aliphatic heterocycles. The first-order chi connectivity index (χ1) is 6.63. The maximum atomic E-state index is 12.0. The average Bonchev–Trinajstić information content (AvgIpc) is 2.86. The maximum Gasteiger partial charge on any atom is 0.239 e. The van der Waals surface area contributed by atoms with Gasteiger partial charge in [0.05, 0.1) is 6.04 Å². The molecule has 1 heterocycles. The summed E-state index contributed by atoms with van der Waals surface area (Å²) in [4.78, 5) is 14.1. The third-order valence-electron chi connectivity index (χ3n) is 3.59. The van der Waals surface area contributed by atoms with Gasteiger partial charge in [-0.25, -0.2) is 0 Å². The number of carbonyl (C=O) groups is 1. The molecule has 2 fully saturated rings. The van der Waals surface area contributed by atoms with Crippen LogP contribution in [0.3, 0.4) is 0 Å². The number of amides is 1. The Morgan fingerprint density at radius 3 is 2.64 bits per heavy atom. The molecule has 3 heteroatoms. The number of nitrogens with zero attached hydrogens (tertiary/aromatic N) is 1. The van der Waals surface area contributed by atoms with E-state index in [9.17, 15) is 4.79 Å². The highest BCUT2D eigenvalue weighted by Crippen LogP contribution is 2.44. The van der Waals surface area contributed by atoms with Crippen LogP contribution in [0.5, 0.6) is 0 Å². The van der Waals surface area contributed by atoms with E-state index in [2.05, 4.69) is 19.2 Å². The second-order valence-electron chi connectivity index (χ2n) is 4.92. The summed E-state index contributed by atoms with van der Waals surface area (Å²) >= 11 is 0. The quantitative estimate of drug-likeness (QED) is 0.710. The predicted molar refractivity (Wildman–Crippen MR) is 55.9 cm³/mol. The first-order valence-electron chi connectivity index (χ1n) is 5.61. The molecule has 1 saturated carbocycles. The van der Waals surface area contributed by atoms with Gasteiger partial charge in [-0.1, -0.05) is 0 Å². The molecule has 0 aromatic rings. The van der Waals surface area contributed by atoms with E-state index in [1.807, 2.05) is 11.9 Å². The van der Waals surface area contributed by atoms with Crippen LogP contribution in [-0.4, -0.2) is 36.5 Å². The van der Waals surface area contributed by atoms with Crippen molar-refractivity contribution in [1.29, 1.82) is 0 Å². The van der Waals surface area contributed by atoms with E-state index in [0.29, 0.717) is 11.9 Å². The van der Waals surface area contributed by atoms with E-state index in [0.717, 1.165) is 24.8 Å². The minimum Gasteiger partial charge on any atom is -0.339 e. The predicted octanol–water partition coefficient (Wildman–Crippen LogP) is 0.851. The number of carbonyl (C=O) groups excluding carboxylic acids is 1. The number of likely N-dealkylation sites (tertiary alicyclic amines) is 1. The van der Waals surface area contributed by atoms with Gasteiger partial charge in [0.2, 0.25) is 5.91 Å². The van der Waals surface area contributed by atoms with Crippen LogP contribution in [0.2, 0.25) is 0 Å². The summed E-state index contributed by atoms with van der Waals surface area (Å²) in [5.41, 5.74) is 0. The fourth-order valence-corrected chi connectivity index (χ4v) is 2.48. The van der Waals surface area contributed by atoms with Crippen LogP contribution in [0.25, 0.3) is 0 Å². The molecule has 0 aromatic heterocycles. The molecule has 80 valence electrons. The number of rotatable bonds is 2. The van der Waals surface area contributed by atoms with E-state index >= 15 is 0 Å². The van der Waals surface area contributed by atoms with Gasteiger partial charge in [-0.15, -0.1) is 0 Å². The van der Waals surface area contributed by atoms with Crippen molar-refractivity contribution < 1.29 is 4.79 Å². The van der Waals surface area contributed by atoms with Gasteiger partial charge in [-0.2, -0.15) is 0 Å².